The highest BCUT2D eigenvalue weighted by Crippen LogP contribution is 2.17. The zero-order chi connectivity index (χ0) is 12.0. The number of nitrogens with one attached hydrogen (secondary N) is 1. The lowest BCUT2D eigenvalue weighted by Gasteiger charge is -2.23. The van der Waals surface area contributed by atoms with Crippen molar-refractivity contribution < 1.29 is 5.11 Å². The smallest absolute Gasteiger partial charge is 0.115 e. The molecule has 0 aliphatic rings. The topological polar surface area (TPSA) is 35.5 Å². The van der Waals surface area contributed by atoms with Gasteiger partial charge in [0.2, 0.25) is 0 Å². The van der Waals surface area contributed by atoms with E-state index in [-0.39, 0.29) is 5.76 Å². The second-order valence-corrected chi connectivity index (χ2v) is 3.68. The van der Waals surface area contributed by atoms with Gasteiger partial charge in [0.15, 0.2) is 0 Å². The summed E-state index contributed by atoms with van der Waals surface area (Å²) in [5.74, 6) is 0.116. The van der Waals surface area contributed by atoms with E-state index < -0.39 is 0 Å². The number of benzene rings is 1. The number of hydrogen-bond acceptors (Lipinski definition) is 3. The molecular formula is C13H20N2O. The predicted octanol–water partition coefficient (Wildman–Crippen LogP) is 2.26. The van der Waals surface area contributed by atoms with E-state index in [2.05, 4.69) is 23.7 Å². The molecule has 0 saturated heterocycles. The fraction of sp³-hybridized carbons (Fsp3) is 0.385. The highest BCUT2D eigenvalue weighted by Gasteiger charge is 2.03. The molecule has 0 unspecified atom stereocenters. The summed E-state index contributed by atoms with van der Waals surface area (Å²) in [4.78, 5) is 2.28. The Balaban J connectivity index is 2.74. The first-order chi connectivity index (χ1) is 7.69. The number of hydrogen-bond donors (Lipinski definition) is 2. The lowest BCUT2D eigenvalue weighted by atomic mass is 10.1. The first kappa shape index (κ1) is 12.6. The van der Waals surface area contributed by atoms with Crippen molar-refractivity contribution in [1.29, 1.82) is 0 Å². The Bertz CT molecular complexity index is 332. The summed E-state index contributed by atoms with van der Waals surface area (Å²) in [5.41, 5.74) is 1.94. The molecule has 0 fully saturated rings. The van der Waals surface area contributed by atoms with E-state index in [9.17, 15) is 5.11 Å². The highest BCUT2D eigenvalue weighted by atomic mass is 16.3. The normalized spacial score (nSPS) is 10.1. The molecule has 3 heteroatoms. The Labute approximate surface area is 97.4 Å². The number of rotatable bonds is 6. The molecule has 88 valence electrons. The minimum Gasteiger partial charge on any atom is -0.508 e. The number of aliphatic hydroxyl groups is 1. The first-order valence-electron chi connectivity index (χ1n) is 5.57. The van der Waals surface area contributed by atoms with E-state index in [0.29, 0.717) is 0 Å². The van der Waals surface area contributed by atoms with Gasteiger partial charge in [0, 0.05) is 30.9 Å². The molecule has 0 atom stereocenters. The Kier molecular flexibility index (Phi) is 4.86. The summed E-state index contributed by atoms with van der Waals surface area (Å²) in [6.45, 7) is 8.55. The van der Waals surface area contributed by atoms with Crippen molar-refractivity contribution in [2.45, 2.75) is 6.92 Å². The quantitative estimate of drug-likeness (QED) is 0.722. The summed E-state index contributed by atoms with van der Waals surface area (Å²) in [7, 11) is 1.95. The van der Waals surface area contributed by atoms with Gasteiger partial charge < -0.3 is 15.3 Å². The summed E-state index contributed by atoms with van der Waals surface area (Å²) in [6.07, 6.45) is 0. The van der Waals surface area contributed by atoms with Gasteiger partial charge in [-0.2, -0.15) is 0 Å². The number of anilines is 1. The van der Waals surface area contributed by atoms with Gasteiger partial charge in [0.25, 0.3) is 0 Å². The van der Waals surface area contributed by atoms with Crippen molar-refractivity contribution in [2.75, 3.05) is 31.6 Å². The van der Waals surface area contributed by atoms with Crippen LogP contribution in [0.5, 0.6) is 0 Å². The van der Waals surface area contributed by atoms with Crippen LogP contribution in [-0.4, -0.2) is 31.8 Å². The second-order valence-electron chi connectivity index (χ2n) is 3.68. The molecule has 3 nitrogen and oxygen atoms in total. The molecule has 2 N–H and O–H groups in total. The van der Waals surface area contributed by atoms with Gasteiger partial charge in [-0.05, 0) is 38.2 Å². The van der Waals surface area contributed by atoms with Crippen LogP contribution in [0.1, 0.15) is 12.5 Å². The van der Waals surface area contributed by atoms with Crippen molar-refractivity contribution in [3.63, 3.8) is 0 Å². The monoisotopic (exact) mass is 220 g/mol. The second kappa shape index (κ2) is 6.18. The maximum atomic E-state index is 9.23. The van der Waals surface area contributed by atoms with Crippen LogP contribution in [0.15, 0.2) is 30.8 Å². The van der Waals surface area contributed by atoms with Crippen LogP contribution in [0, 0.1) is 0 Å². The highest BCUT2D eigenvalue weighted by molar-refractivity contribution is 5.60. The zero-order valence-corrected chi connectivity index (χ0v) is 10.0. The average Bonchev–Trinajstić information content (AvgIpc) is 2.30. The van der Waals surface area contributed by atoms with E-state index in [4.69, 9.17) is 0 Å². The molecule has 1 aromatic rings. The van der Waals surface area contributed by atoms with E-state index in [0.717, 1.165) is 25.2 Å². The third kappa shape index (κ3) is 3.28. The molecule has 0 heterocycles. The first-order valence-corrected chi connectivity index (χ1v) is 5.57. The Hall–Kier alpha value is -1.48. The number of likely N-dealkylation sites (N-methyl/N-ethyl adjacent to an activating group) is 2. The van der Waals surface area contributed by atoms with Crippen LogP contribution >= 0.6 is 0 Å². The van der Waals surface area contributed by atoms with Crippen LogP contribution in [0.3, 0.4) is 0 Å². The van der Waals surface area contributed by atoms with Gasteiger partial charge in [0.05, 0.1) is 0 Å². The Morgan fingerprint density at radius 1 is 1.38 bits per heavy atom. The molecular weight excluding hydrogens is 200 g/mol. The van der Waals surface area contributed by atoms with Crippen molar-refractivity contribution in [3.05, 3.63) is 36.4 Å². The third-order valence-corrected chi connectivity index (χ3v) is 2.58. The van der Waals surface area contributed by atoms with Crippen LogP contribution in [0.2, 0.25) is 0 Å². The summed E-state index contributed by atoms with van der Waals surface area (Å²) in [6, 6.07) is 7.80. The minimum atomic E-state index is 0.116. The van der Waals surface area contributed by atoms with Crippen molar-refractivity contribution in [2.24, 2.45) is 0 Å². The fourth-order valence-corrected chi connectivity index (χ4v) is 1.58. The Morgan fingerprint density at radius 2 is 2.00 bits per heavy atom. The van der Waals surface area contributed by atoms with Crippen molar-refractivity contribution in [3.8, 4) is 0 Å². The standard InChI is InChI=1S/C13H20N2O/c1-4-15(10-9-14-3)13-7-5-12(6-8-13)11(2)16/h5-8,14,16H,2,4,9-10H2,1,3H3. The largest absolute Gasteiger partial charge is 0.508 e. The number of nitrogens with zero attached hydrogens (tertiary/aromatic N) is 1. The van der Waals surface area contributed by atoms with Crippen LogP contribution in [-0.2, 0) is 0 Å². The van der Waals surface area contributed by atoms with Gasteiger partial charge in [-0.25, -0.2) is 0 Å². The summed E-state index contributed by atoms with van der Waals surface area (Å²) < 4.78 is 0. The summed E-state index contributed by atoms with van der Waals surface area (Å²) in [5, 5.41) is 12.4. The van der Waals surface area contributed by atoms with Gasteiger partial charge in [-0.3, -0.25) is 0 Å². The molecule has 1 rings (SSSR count). The van der Waals surface area contributed by atoms with E-state index in [1.165, 1.54) is 5.69 Å². The fourth-order valence-electron chi connectivity index (χ4n) is 1.58. The maximum Gasteiger partial charge on any atom is 0.115 e. The van der Waals surface area contributed by atoms with E-state index >= 15 is 0 Å². The minimum absolute atomic E-state index is 0.116. The molecule has 1 aromatic carbocycles. The lowest BCUT2D eigenvalue weighted by Crippen LogP contribution is -2.30. The van der Waals surface area contributed by atoms with E-state index in [1.807, 2.05) is 31.3 Å². The SMILES string of the molecule is C=C(O)c1ccc(N(CC)CCNC)cc1. The molecule has 0 bridgehead atoms. The van der Waals surface area contributed by atoms with Crippen LogP contribution < -0.4 is 10.2 Å². The Morgan fingerprint density at radius 3 is 2.44 bits per heavy atom. The zero-order valence-electron chi connectivity index (χ0n) is 10.0. The van der Waals surface area contributed by atoms with Gasteiger partial charge in [-0.15, -0.1) is 0 Å². The summed E-state index contributed by atoms with van der Waals surface area (Å²) >= 11 is 0. The van der Waals surface area contributed by atoms with Crippen LogP contribution in [0.25, 0.3) is 5.76 Å². The number of aliphatic hydroxyl groups excluding tert-OH is 1. The van der Waals surface area contributed by atoms with Gasteiger partial charge in [-0.1, -0.05) is 6.58 Å². The van der Waals surface area contributed by atoms with Gasteiger partial charge in [0.1, 0.15) is 5.76 Å². The molecule has 16 heavy (non-hydrogen) atoms. The van der Waals surface area contributed by atoms with E-state index in [1.54, 1.807) is 0 Å². The molecule has 0 radical (unpaired) electrons. The molecule has 0 spiro atoms. The van der Waals surface area contributed by atoms with Crippen molar-refractivity contribution >= 4 is 11.4 Å². The predicted molar refractivity (Wildman–Crippen MR) is 69.9 cm³/mol. The molecule has 0 aliphatic heterocycles. The molecule has 0 saturated carbocycles. The maximum absolute atomic E-state index is 9.23. The van der Waals surface area contributed by atoms with Crippen LogP contribution in [0.4, 0.5) is 5.69 Å². The lowest BCUT2D eigenvalue weighted by molar-refractivity contribution is 0.514. The third-order valence-electron chi connectivity index (χ3n) is 2.58. The van der Waals surface area contributed by atoms with Gasteiger partial charge >= 0.3 is 0 Å². The van der Waals surface area contributed by atoms with Crippen molar-refractivity contribution in [1.82, 2.24) is 5.32 Å². The molecule has 0 aliphatic carbocycles. The molecule has 0 aromatic heterocycles. The average molecular weight is 220 g/mol. The molecule has 0 amide bonds.